The van der Waals surface area contributed by atoms with E-state index in [0.717, 1.165) is 18.2 Å². The minimum Gasteiger partial charge on any atom is -0.460 e. The summed E-state index contributed by atoms with van der Waals surface area (Å²) in [7, 11) is 0. The first kappa shape index (κ1) is 23.6. The van der Waals surface area contributed by atoms with E-state index in [1.165, 1.54) is 6.07 Å². The van der Waals surface area contributed by atoms with Crippen LogP contribution >= 0.6 is 0 Å². The Bertz CT molecular complexity index is 1460. The van der Waals surface area contributed by atoms with Crippen LogP contribution < -0.4 is 4.74 Å². The molecule has 0 fully saturated rings. The molecule has 0 atom stereocenters. The van der Waals surface area contributed by atoms with Crippen molar-refractivity contribution in [2.24, 2.45) is 0 Å². The maximum Gasteiger partial charge on any atom is 0.417 e. The van der Waals surface area contributed by atoms with E-state index in [0.29, 0.717) is 22.3 Å². The highest BCUT2D eigenvalue weighted by atomic mass is 19.4. The van der Waals surface area contributed by atoms with Crippen LogP contribution in [-0.4, -0.2) is 22.9 Å². The summed E-state index contributed by atoms with van der Waals surface area (Å²) in [5.41, 5.74) is -0.0236. The van der Waals surface area contributed by atoms with E-state index in [-0.39, 0.29) is 17.9 Å². The van der Waals surface area contributed by atoms with E-state index in [4.69, 9.17) is 14.7 Å². The number of ether oxygens (including phenoxy) is 2. The molecular formula is C26H17F3N2O4. The molecule has 4 aromatic rings. The van der Waals surface area contributed by atoms with Gasteiger partial charge in [0.1, 0.15) is 11.5 Å². The molecule has 0 saturated heterocycles. The first-order valence-corrected chi connectivity index (χ1v) is 10.4. The number of alkyl halides is 3. The van der Waals surface area contributed by atoms with Crippen LogP contribution in [0.4, 0.5) is 13.2 Å². The lowest BCUT2D eigenvalue weighted by Crippen LogP contribution is -2.17. The number of ketones is 1. The van der Waals surface area contributed by atoms with E-state index in [1.807, 2.05) is 0 Å². The van der Waals surface area contributed by atoms with Crippen LogP contribution in [-0.2, 0) is 15.7 Å². The number of rotatable bonds is 6. The van der Waals surface area contributed by atoms with Crippen molar-refractivity contribution in [1.29, 1.82) is 5.26 Å². The molecule has 0 saturated carbocycles. The number of para-hydroxylation sites is 1. The summed E-state index contributed by atoms with van der Waals surface area (Å²) in [6, 6.07) is 18.2. The Labute approximate surface area is 197 Å². The first-order valence-electron chi connectivity index (χ1n) is 10.4. The van der Waals surface area contributed by atoms with E-state index in [2.05, 4.69) is 0 Å². The standard InChI is InChI=1S/C26H17F3N2O4/c1-2-34-25(33)24(32)21-15-31(23-6-4-3-5-20(21)23)17-7-9-18(10-8-17)35-19-11-12-22(26(27,28)29)16(13-19)14-30/h3-13,15H,2H2,1H3. The van der Waals surface area contributed by atoms with Gasteiger partial charge in [0.25, 0.3) is 5.78 Å². The van der Waals surface area contributed by atoms with E-state index in [9.17, 15) is 22.8 Å². The van der Waals surface area contributed by atoms with Gasteiger partial charge in [-0.15, -0.1) is 0 Å². The molecule has 3 aromatic carbocycles. The number of nitriles is 1. The van der Waals surface area contributed by atoms with Crippen molar-refractivity contribution in [1.82, 2.24) is 4.57 Å². The van der Waals surface area contributed by atoms with Gasteiger partial charge in [-0.25, -0.2) is 4.79 Å². The van der Waals surface area contributed by atoms with Crippen LogP contribution in [0.25, 0.3) is 16.6 Å². The fraction of sp³-hybridized carbons (Fsp3) is 0.115. The lowest BCUT2D eigenvalue weighted by Gasteiger charge is -2.12. The van der Waals surface area contributed by atoms with Crippen LogP contribution in [0, 0.1) is 11.3 Å². The fourth-order valence-electron chi connectivity index (χ4n) is 3.62. The molecule has 0 spiro atoms. The molecule has 176 valence electrons. The van der Waals surface area contributed by atoms with Crippen LogP contribution in [0.15, 0.2) is 72.9 Å². The normalized spacial score (nSPS) is 11.2. The van der Waals surface area contributed by atoms with Crippen molar-refractivity contribution in [2.75, 3.05) is 6.61 Å². The Morgan fingerprint density at radius 2 is 1.69 bits per heavy atom. The van der Waals surface area contributed by atoms with Gasteiger partial charge in [0.05, 0.1) is 34.9 Å². The molecule has 9 heteroatoms. The molecule has 0 radical (unpaired) electrons. The Morgan fingerprint density at radius 1 is 1.00 bits per heavy atom. The molecule has 4 rings (SSSR count). The van der Waals surface area contributed by atoms with Gasteiger partial charge >= 0.3 is 12.1 Å². The molecule has 0 bridgehead atoms. The minimum absolute atomic E-state index is 0.0797. The first-order chi connectivity index (χ1) is 16.7. The molecule has 0 amide bonds. The second-order valence-electron chi connectivity index (χ2n) is 7.39. The highest BCUT2D eigenvalue weighted by Crippen LogP contribution is 2.35. The summed E-state index contributed by atoms with van der Waals surface area (Å²) in [6.45, 7) is 1.70. The third-order valence-electron chi connectivity index (χ3n) is 5.18. The van der Waals surface area contributed by atoms with Gasteiger partial charge in [0.15, 0.2) is 0 Å². The molecule has 1 heterocycles. The van der Waals surface area contributed by atoms with E-state index < -0.39 is 29.1 Å². The number of benzene rings is 3. The second-order valence-corrected chi connectivity index (χ2v) is 7.39. The number of nitrogens with zero attached hydrogens (tertiary/aromatic N) is 2. The quantitative estimate of drug-likeness (QED) is 0.191. The predicted molar refractivity (Wildman–Crippen MR) is 120 cm³/mol. The average Bonchev–Trinajstić information content (AvgIpc) is 3.23. The van der Waals surface area contributed by atoms with Crippen molar-refractivity contribution < 1.29 is 32.2 Å². The van der Waals surface area contributed by atoms with Gasteiger partial charge in [0, 0.05) is 17.3 Å². The van der Waals surface area contributed by atoms with Gasteiger partial charge in [0.2, 0.25) is 0 Å². The van der Waals surface area contributed by atoms with Crippen LogP contribution in [0.2, 0.25) is 0 Å². The number of Topliss-reactive ketones (excluding diaryl/α,β-unsaturated/α-hetero) is 1. The third-order valence-corrected chi connectivity index (χ3v) is 5.18. The minimum atomic E-state index is -4.64. The SMILES string of the molecule is CCOC(=O)C(=O)c1cn(-c2ccc(Oc3ccc(C(F)(F)F)c(C#N)c3)cc2)c2ccccc12. The molecule has 0 aliphatic carbocycles. The van der Waals surface area contributed by atoms with Crippen LogP contribution in [0.3, 0.4) is 0 Å². The number of fused-ring (bicyclic) bond motifs is 1. The van der Waals surface area contributed by atoms with Crippen molar-refractivity contribution >= 4 is 22.7 Å². The highest BCUT2D eigenvalue weighted by molar-refractivity contribution is 6.43. The third kappa shape index (κ3) is 4.73. The maximum absolute atomic E-state index is 13.0. The predicted octanol–water partition coefficient (Wildman–Crippen LogP) is 6.06. The van der Waals surface area contributed by atoms with E-state index in [1.54, 1.807) is 66.2 Å². The molecular weight excluding hydrogens is 461 g/mol. The van der Waals surface area contributed by atoms with E-state index >= 15 is 0 Å². The number of carbonyl (C=O) groups excluding carboxylic acids is 2. The number of aromatic nitrogens is 1. The molecule has 0 unspecified atom stereocenters. The Balaban J connectivity index is 1.64. The summed E-state index contributed by atoms with van der Waals surface area (Å²) >= 11 is 0. The molecule has 1 aromatic heterocycles. The number of esters is 1. The highest BCUT2D eigenvalue weighted by Gasteiger charge is 2.33. The maximum atomic E-state index is 13.0. The molecule has 0 N–H and O–H groups in total. The van der Waals surface area contributed by atoms with Crippen molar-refractivity contribution in [3.05, 3.63) is 89.6 Å². The topological polar surface area (TPSA) is 81.3 Å². The smallest absolute Gasteiger partial charge is 0.417 e. The van der Waals surface area contributed by atoms with Gasteiger partial charge in [-0.2, -0.15) is 18.4 Å². The number of carbonyl (C=O) groups is 2. The Morgan fingerprint density at radius 3 is 2.34 bits per heavy atom. The number of hydrogen-bond donors (Lipinski definition) is 0. The van der Waals surface area contributed by atoms with Gasteiger partial charge in [-0.05, 0) is 55.5 Å². The lowest BCUT2D eigenvalue weighted by molar-refractivity contribution is -0.138. The fourth-order valence-corrected chi connectivity index (χ4v) is 3.62. The lowest BCUT2D eigenvalue weighted by atomic mass is 10.1. The summed E-state index contributed by atoms with van der Waals surface area (Å²) in [6.07, 6.45) is -3.09. The Kier molecular flexibility index (Phi) is 6.30. The largest absolute Gasteiger partial charge is 0.460 e. The summed E-state index contributed by atoms with van der Waals surface area (Å²) in [5.74, 6) is -1.28. The molecule has 0 aliphatic rings. The van der Waals surface area contributed by atoms with Crippen molar-refractivity contribution in [2.45, 2.75) is 13.1 Å². The summed E-state index contributed by atoms with van der Waals surface area (Å²) in [4.78, 5) is 24.6. The average molecular weight is 478 g/mol. The number of hydrogen-bond acceptors (Lipinski definition) is 5. The molecule has 0 aliphatic heterocycles. The Hall–Kier alpha value is -4.58. The van der Waals surface area contributed by atoms with Crippen molar-refractivity contribution in [3.63, 3.8) is 0 Å². The van der Waals surface area contributed by atoms with Crippen LogP contribution in [0.1, 0.15) is 28.4 Å². The zero-order valence-electron chi connectivity index (χ0n) is 18.3. The zero-order valence-corrected chi connectivity index (χ0v) is 18.3. The summed E-state index contributed by atoms with van der Waals surface area (Å²) in [5, 5.41) is 9.65. The molecule has 35 heavy (non-hydrogen) atoms. The zero-order chi connectivity index (χ0) is 25.2. The van der Waals surface area contributed by atoms with Gasteiger partial charge in [-0.3, -0.25) is 4.79 Å². The monoisotopic (exact) mass is 478 g/mol. The van der Waals surface area contributed by atoms with Gasteiger partial charge in [-0.1, -0.05) is 18.2 Å². The second kappa shape index (κ2) is 9.35. The van der Waals surface area contributed by atoms with Crippen molar-refractivity contribution in [3.8, 4) is 23.3 Å². The summed E-state index contributed by atoms with van der Waals surface area (Å²) < 4.78 is 51.2. The molecule has 6 nitrogen and oxygen atoms in total. The van der Waals surface area contributed by atoms with Crippen LogP contribution in [0.5, 0.6) is 11.5 Å². The van der Waals surface area contributed by atoms with Gasteiger partial charge < -0.3 is 14.0 Å². The number of halogens is 3.